The zero-order chi connectivity index (χ0) is 21.6. The molecule has 4 rings (SSSR count). The van der Waals surface area contributed by atoms with Gasteiger partial charge in [-0.2, -0.15) is 0 Å². The number of nitrogens with one attached hydrogen (secondary N) is 3. The van der Waals surface area contributed by atoms with Gasteiger partial charge >= 0.3 is 0 Å². The summed E-state index contributed by atoms with van der Waals surface area (Å²) in [5.41, 5.74) is 3.20. The van der Waals surface area contributed by atoms with Crippen molar-refractivity contribution in [2.24, 2.45) is 0 Å². The third kappa shape index (κ3) is 5.14. The molecule has 2 amide bonds. The summed E-state index contributed by atoms with van der Waals surface area (Å²) in [5.74, 6) is -0.109. The molecule has 1 heterocycles. The Labute approximate surface area is 178 Å². The van der Waals surface area contributed by atoms with Crippen LogP contribution in [0.5, 0.6) is 0 Å². The van der Waals surface area contributed by atoms with Gasteiger partial charge in [0.15, 0.2) is 0 Å². The minimum Gasteiger partial charge on any atom is -0.352 e. The fraction of sp³-hybridized carbons (Fsp3) is 0.125. The number of amides is 2. The van der Waals surface area contributed by atoms with Gasteiger partial charge in [0.1, 0.15) is 11.6 Å². The number of hydrogen-bond donors (Lipinski definition) is 3. The van der Waals surface area contributed by atoms with Crippen LogP contribution in [0.4, 0.5) is 10.1 Å². The van der Waals surface area contributed by atoms with E-state index in [-0.39, 0.29) is 11.8 Å². The minimum atomic E-state index is -0.407. The first-order valence-electron chi connectivity index (χ1n) is 9.97. The number of rotatable bonds is 7. The van der Waals surface area contributed by atoms with E-state index in [9.17, 15) is 14.0 Å². The van der Waals surface area contributed by atoms with E-state index in [1.165, 1.54) is 24.3 Å². The lowest BCUT2D eigenvalue weighted by Crippen LogP contribution is -2.25. The molecule has 0 aliphatic rings. The third-order valence-corrected chi connectivity index (χ3v) is 4.80. The summed E-state index contributed by atoms with van der Waals surface area (Å²) in [6, 6.07) is 19.8. The van der Waals surface area contributed by atoms with Gasteiger partial charge in [0.25, 0.3) is 11.8 Å². The molecule has 156 valence electrons. The van der Waals surface area contributed by atoms with E-state index in [1.807, 2.05) is 24.3 Å². The highest BCUT2D eigenvalue weighted by molar-refractivity contribution is 6.05. The Hall–Kier alpha value is -4.00. The maximum absolute atomic E-state index is 13.0. The van der Waals surface area contributed by atoms with Crippen LogP contribution in [0.25, 0.3) is 11.0 Å². The average molecular weight is 416 g/mol. The van der Waals surface area contributed by atoms with Crippen molar-refractivity contribution in [1.82, 2.24) is 15.3 Å². The van der Waals surface area contributed by atoms with Gasteiger partial charge in [-0.25, -0.2) is 9.37 Å². The molecular weight excluding hydrogens is 395 g/mol. The number of aryl methyl sites for hydroxylation is 1. The van der Waals surface area contributed by atoms with Gasteiger partial charge in [0.2, 0.25) is 0 Å². The number of fused-ring (bicyclic) bond motifs is 1. The molecule has 0 saturated heterocycles. The number of carbonyl (C=O) groups excluding carboxylic acids is 2. The zero-order valence-corrected chi connectivity index (χ0v) is 16.7. The van der Waals surface area contributed by atoms with Gasteiger partial charge in [0, 0.05) is 29.8 Å². The Morgan fingerprint density at radius 3 is 2.52 bits per heavy atom. The van der Waals surface area contributed by atoms with Gasteiger partial charge in [0.05, 0.1) is 11.0 Å². The van der Waals surface area contributed by atoms with Gasteiger partial charge in [-0.3, -0.25) is 9.59 Å². The van der Waals surface area contributed by atoms with E-state index in [2.05, 4.69) is 20.6 Å². The lowest BCUT2D eigenvalue weighted by molar-refractivity contribution is 0.0951. The first kappa shape index (κ1) is 20.3. The molecular formula is C24H21FN4O2. The standard InChI is InChI=1S/C24H21FN4O2/c25-18-12-10-16(11-13-18)24(31)27-19-6-3-5-17(15-19)23(30)26-14-4-9-22-28-20-7-1-2-8-21(20)29-22/h1-3,5-8,10-13,15H,4,9,14H2,(H,26,30)(H,27,31)(H,28,29). The number of carbonyl (C=O) groups is 2. The number of para-hydroxylation sites is 2. The maximum atomic E-state index is 13.0. The molecule has 3 N–H and O–H groups in total. The third-order valence-electron chi connectivity index (χ3n) is 4.80. The van der Waals surface area contributed by atoms with Crippen molar-refractivity contribution in [3.8, 4) is 0 Å². The molecule has 0 aliphatic heterocycles. The number of H-pyrrole nitrogens is 1. The van der Waals surface area contributed by atoms with Crippen LogP contribution in [0.2, 0.25) is 0 Å². The van der Waals surface area contributed by atoms with Crippen LogP contribution in [0, 0.1) is 5.82 Å². The number of halogens is 1. The molecule has 0 fully saturated rings. The second-order valence-electron chi connectivity index (χ2n) is 7.10. The first-order chi connectivity index (χ1) is 15.1. The topological polar surface area (TPSA) is 86.9 Å². The fourth-order valence-corrected chi connectivity index (χ4v) is 3.23. The van der Waals surface area contributed by atoms with E-state index >= 15 is 0 Å². The number of imidazole rings is 1. The summed E-state index contributed by atoms with van der Waals surface area (Å²) in [4.78, 5) is 32.5. The van der Waals surface area contributed by atoms with Crippen LogP contribution in [0.15, 0.2) is 72.8 Å². The predicted molar refractivity (Wildman–Crippen MR) is 118 cm³/mol. The lowest BCUT2D eigenvalue weighted by Gasteiger charge is -2.08. The number of benzene rings is 3. The summed E-state index contributed by atoms with van der Waals surface area (Å²) in [6.45, 7) is 0.502. The van der Waals surface area contributed by atoms with Gasteiger partial charge < -0.3 is 15.6 Å². The van der Waals surface area contributed by atoms with Crippen molar-refractivity contribution in [2.75, 3.05) is 11.9 Å². The molecule has 0 aliphatic carbocycles. The van der Waals surface area contributed by atoms with Crippen LogP contribution >= 0.6 is 0 Å². The maximum Gasteiger partial charge on any atom is 0.255 e. The van der Waals surface area contributed by atoms with Gasteiger partial charge in [-0.1, -0.05) is 18.2 Å². The summed E-state index contributed by atoms with van der Waals surface area (Å²) in [7, 11) is 0. The SMILES string of the molecule is O=C(NCCCc1nc2ccccc2[nH]1)c1cccc(NC(=O)c2ccc(F)cc2)c1. The normalized spacial score (nSPS) is 10.7. The van der Waals surface area contributed by atoms with Crippen molar-refractivity contribution in [1.29, 1.82) is 0 Å². The Morgan fingerprint density at radius 1 is 0.903 bits per heavy atom. The molecule has 31 heavy (non-hydrogen) atoms. The molecule has 3 aromatic carbocycles. The second-order valence-corrected chi connectivity index (χ2v) is 7.10. The van der Waals surface area contributed by atoms with Crippen molar-refractivity contribution in [3.05, 3.63) is 95.6 Å². The zero-order valence-electron chi connectivity index (χ0n) is 16.7. The van der Waals surface area contributed by atoms with E-state index in [1.54, 1.807) is 24.3 Å². The van der Waals surface area contributed by atoms with Crippen molar-refractivity contribution in [2.45, 2.75) is 12.8 Å². The molecule has 6 nitrogen and oxygen atoms in total. The summed E-state index contributed by atoms with van der Waals surface area (Å²) in [6.07, 6.45) is 1.47. The molecule has 7 heteroatoms. The fourth-order valence-electron chi connectivity index (χ4n) is 3.23. The van der Waals surface area contributed by atoms with Gasteiger partial charge in [-0.05, 0) is 61.0 Å². The van der Waals surface area contributed by atoms with Crippen molar-refractivity contribution >= 4 is 28.5 Å². The molecule has 1 aromatic heterocycles. The number of nitrogens with zero attached hydrogens (tertiary/aromatic N) is 1. The Bertz CT molecular complexity index is 1180. The predicted octanol–water partition coefficient (Wildman–Crippen LogP) is 4.32. The molecule has 0 radical (unpaired) electrons. The summed E-state index contributed by atoms with van der Waals surface area (Å²) >= 11 is 0. The van der Waals surface area contributed by atoms with E-state index in [4.69, 9.17) is 0 Å². The summed E-state index contributed by atoms with van der Waals surface area (Å²) < 4.78 is 13.0. The van der Waals surface area contributed by atoms with Crippen LogP contribution in [0.1, 0.15) is 33.0 Å². The number of anilines is 1. The minimum absolute atomic E-state index is 0.220. The van der Waals surface area contributed by atoms with Crippen LogP contribution < -0.4 is 10.6 Å². The molecule has 0 unspecified atom stereocenters. The molecule has 0 spiro atoms. The van der Waals surface area contributed by atoms with E-state index < -0.39 is 5.82 Å². The Balaban J connectivity index is 1.29. The smallest absolute Gasteiger partial charge is 0.255 e. The van der Waals surface area contributed by atoms with Crippen molar-refractivity contribution in [3.63, 3.8) is 0 Å². The Kier molecular flexibility index (Phi) is 6.03. The number of hydrogen-bond acceptors (Lipinski definition) is 3. The van der Waals surface area contributed by atoms with Crippen LogP contribution in [0.3, 0.4) is 0 Å². The Morgan fingerprint density at radius 2 is 1.71 bits per heavy atom. The highest BCUT2D eigenvalue weighted by atomic mass is 19.1. The molecule has 4 aromatic rings. The van der Waals surface area contributed by atoms with Gasteiger partial charge in [-0.15, -0.1) is 0 Å². The molecule has 0 bridgehead atoms. The van der Waals surface area contributed by atoms with Crippen LogP contribution in [-0.4, -0.2) is 28.3 Å². The highest BCUT2D eigenvalue weighted by Gasteiger charge is 2.10. The lowest BCUT2D eigenvalue weighted by atomic mass is 10.1. The number of aromatic amines is 1. The monoisotopic (exact) mass is 416 g/mol. The average Bonchev–Trinajstić information content (AvgIpc) is 3.20. The van der Waals surface area contributed by atoms with E-state index in [0.717, 1.165) is 29.7 Å². The molecule has 0 atom stereocenters. The number of aromatic nitrogens is 2. The molecule has 0 saturated carbocycles. The van der Waals surface area contributed by atoms with Crippen molar-refractivity contribution < 1.29 is 14.0 Å². The summed E-state index contributed by atoms with van der Waals surface area (Å²) in [5, 5.41) is 5.61. The quantitative estimate of drug-likeness (QED) is 0.392. The first-order valence-corrected chi connectivity index (χ1v) is 9.97. The highest BCUT2D eigenvalue weighted by Crippen LogP contribution is 2.14. The van der Waals surface area contributed by atoms with E-state index in [0.29, 0.717) is 23.4 Å². The van der Waals surface area contributed by atoms with Crippen LogP contribution in [-0.2, 0) is 6.42 Å². The second kappa shape index (κ2) is 9.21. The largest absolute Gasteiger partial charge is 0.352 e.